The van der Waals surface area contributed by atoms with E-state index in [-0.39, 0.29) is 11.5 Å². The molecule has 11 heavy (non-hydrogen) atoms. The summed E-state index contributed by atoms with van der Waals surface area (Å²) in [6.45, 7) is 0. The number of hydrogen-bond acceptors (Lipinski definition) is 2. The standard InChI is InChI=1S/C9H6O2/c10-7-3-1-6-2-4-9(11)8(6)5-7/h1-5,10H. The Bertz CT molecular complexity index is 351. The van der Waals surface area contributed by atoms with Gasteiger partial charge in [-0.05, 0) is 23.8 Å². The summed E-state index contributed by atoms with van der Waals surface area (Å²) in [6.07, 6.45) is 3.25. The van der Waals surface area contributed by atoms with Crippen LogP contribution in [0.25, 0.3) is 6.08 Å². The van der Waals surface area contributed by atoms with Crippen LogP contribution in [-0.2, 0) is 0 Å². The summed E-state index contributed by atoms with van der Waals surface area (Å²) in [5, 5.41) is 9.03. The highest BCUT2D eigenvalue weighted by Crippen LogP contribution is 2.23. The summed E-state index contributed by atoms with van der Waals surface area (Å²) >= 11 is 0. The van der Waals surface area contributed by atoms with Gasteiger partial charge >= 0.3 is 0 Å². The van der Waals surface area contributed by atoms with Crippen LogP contribution in [0, 0.1) is 0 Å². The molecule has 1 aliphatic carbocycles. The fraction of sp³-hybridized carbons (Fsp3) is 0. The first-order valence-electron chi connectivity index (χ1n) is 3.33. The number of phenolic OH excluding ortho intramolecular Hbond substituents is 1. The SMILES string of the molecule is O=C1C=Cc2ccc(O)cc21. The molecule has 1 aromatic carbocycles. The quantitative estimate of drug-likeness (QED) is 0.603. The average molecular weight is 146 g/mol. The molecule has 0 spiro atoms. The van der Waals surface area contributed by atoms with E-state index in [0.29, 0.717) is 5.56 Å². The predicted molar refractivity (Wildman–Crippen MR) is 41.5 cm³/mol. The molecule has 0 aromatic heterocycles. The normalized spacial score (nSPS) is 13.6. The van der Waals surface area contributed by atoms with Gasteiger partial charge in [-0.3, -0.25) is 4.79 Å². The molecule has 0 aliphatic heterocycles. The first-order valence-corrected chi connectivity index (χ1v) is 3.33. The fourth-order valence-electron chi connectivity index (χ4n) is 1.16. The molecule has 0 bridgehead atoms. The van der Waals surface area contributed by atoms with Crippen LogP contribution in [0.1, 0.15) is 15.9 Å². The monoisotopic (exact) mass is 146 g/mol. The van der Waals surface area contributed by atoms with Crippen molar-refractivity contribution < 1.29 is 9.90 Å². The molecular formula is C9H6O2. The second-order valence-corrected chi connectivity index (χ2v) is 2.47. The van der Waals surface area contributed by atoms with Crippen LogP contribution < -0.4 is 0 Å². The Kier molecular flexibility index (Phi) is 1.09. The topological polar surface area (TPSA) is 37.3 Å². The molecule has 2 nitrogen and oxygen atoms in total. The van der Waals surface area contributed by atoms with Gasteiger partial charge in [0.1, 0.15) is 5.75 Å². The van der Waals surface area contributed by atoms with Crippen molar-refractivity contribution in [3.8, 4) is 5.75 Å². The highest BCUT2D eigenvalue weighted by molar-refractivity contribution is 6.13. The van der Waals surface area contributed by atoms with E-state index in [1.54, 1.807) is 18.2 Å². The van der Waals surface area contributed by atoms with Gasteiger partial charge in [0.05, 0.1) is 0 Å². The smallest absolute Gasteiger partial charge is 0.186 e. The molecule has 1 aliphatic rings. The number of carbonyl (C=O) groups is 1. The predicted octanol–water partition coefficient (Wildman–Crippen LogP) is 1.60. The van der Waals surface area contributed by atoms with Crippen LogP contribution in [-0.4, -0.2) is 10.9 Å². The van der Waals surface area contributed by atoms with Crippen molar-refractivity contribution in [1.29, 1.82) is 0 Å². The van der Waals surface area contributed by atoms with Gasteiger partial charge in [0.2, 0.25) is 0 Å². The molecule has 2 rings (SSSR count). The Morgan fingerprint density at radius 1 is 1.18 bits per heavy atom. The lowest BCUT2D eigenvalue weighted by molar-refractivity contribution is 0.104. The number of aromatic hydroxyl groups is 1. The second kappa shape index (κ2) is 1.95. The molecule has 2 heteroatoms. The van der Waals surface area contributed by atoms with Gasteiger partial charge in [-0.25, -0.2) is 0 Å². The van der Waals surface area contributed by atoms with Gasteiger partial charge in [-0.15, -0.1) is 0 Å². The van der Waals surface area contributed by atoms with E-state index < -0.39 is 0 Å². The molecule has 1 aromatic rings. The maximum atomic E-state index is 11.0. The Labute approximate surface area is 63.8 Å². The molecule has 0 atom stereocenters. The number of benzene rings is 1. The van der Waals surface area contributed by atoms with Crippen LogP contribution in [0.15, 0.2) is 24.3 Å². The van der Waals surface area contributed by atoms with E-state index in [1.165, 1.54) is 12.1 Å². The maximum Gasteiger partial charge on any atom is 0.186 e. The van der Waals surface area contributed by atoms with Crippen molar-refractivity contribution in [2.75, 3.05) is 0 Å². The largest absolute Gasteiger partial charge is 0.508 e. The Morgan fingerprint density at radius 2 is 2.00 bits per heavy atom. The van der Waals surface area contributed by atoms with E-state index in [2.05, 4.69) is 0 Å². The molecule has 0 fully saturated rings. The molecule has 0 heterocycles. The minimum Gasteiger partial charge on any atom is -0.508 e. The van der Waals surface area contributed by atoms with Crippen molar-refractivity contribution in [3.05, 3.63) is 35.4 Å². The zero-order valence-corrected chi connectivity index (χ0v) is 5.74. The highest BCUT2D eigenvalue weighted by atomic mass is 16.3. The summed E-state index contributed by atoms with van der Waals surface area (Å²) in [5.41, 5.74) is 1.47. The van der Waals surface area contributed by atoms with Crippen molar-refractivity contribution >= 4 is 11.9 Å². The third-order valence-electron chi connectivity index (χ3n) is 1.72. The van der Waals surface area contributed by atoms with Gasteiger partial charge in [-0.1, -0.05) is 12.1 Å². The second-order valence-electron chi connectivity index (χ2n) is 2.47. The molecule has 0 unspecified atom stereocenters. The van der Waals surface area contributed by atoms with Crippen LogP contribution in [0.2, 0.25) is 0 Å². The van der Waals surface area contributed by atoms with E-state index >= 15 is 0 Å². The number of hydrogen-bond donors (Lipinski definition) is 1. The number of carbonyl (C=O) groups excluding carboxylic acids is 1. The van der Waals surface area contributed by atoms with E-state index in [1.807, 2.05) is 0 Å². The van der Waals surface area contributed by atoms with Crippen LogP contribution in [0.4, 0.5) is 0 Å². The minimum atomic E-state index is -0.0316. The highest BCUT2D eigenvalue weighted by Gasteiger charge is 2.12. The lowest BCUT2D eigenvalue weighted by Gasteiger charge is -1.96. The Morgan fingerprint density at radius 3 is 2.82 bits per heavy atom. The van der Waals surface area contributed by atoms with Crippen LogP contribution in [0.5, 0.6) is 5.75 Å². The number of ketones is 1. The first kappa shape index (κ1) is 6.16. The third-order valence-corrected chi connectivity index (χ3v) is 1.72. The molecule has 54 valence electrons. The number of fused-ring (bicyclic) bond motifs is 1. The van der Waals surface area contributed by atoms with E-state index in [0.717, 1.165) is 5.56 Å². The zero-order valence-electron chi connectivity index (χ0n) is 5.74. The molecule has 1 N–H and O–H groups in total. The Balaban J connectivity index is 2.67. The Hall–Kier alpha value is -1.57. The molecular weight excluding hydrogens is 140 g/mol. The summed E-state index contributed by atoms with van der Waals surface area (Å²) in [6, 6.07) is 4.78. The molecule has 0 saturated heterocycles. The zero-order chi connectivity index (χ0) is 7.84. The first-order chi connectivity index (χ1) is 5.27. The van der Waals surface area contributed by atoms with Gasteiger partial charge < -0.3 is 5.11 Å². The molecule has 0 amide bonds. The van der Waals surface area contributed by atoms with E-state index in [4.69, 9.17) is 5.11 Å². The number of phenols is 1. The van der Waals surface area contributed by atoms with Gasteiger partial charge in [0.25, 0.3) is 0 Å². The van der Waals surface area contributed by atoms with Crippen LogP contribution in [0.3, 0.4) is 0 Å². The molecule has 0 saturated carbocycles. The lowest BCUT2D eigenvalue weighted by Crippen LogP contribution is -1.89. The average Bonchev–Trinajstić information content (AvgIpc) is 2.33. The lowest BCUT2D eigenvalue weighted by atomic mass is 10.1. The summed E-state index contributed by atoms with van der Waals surface area (Å²) in [4.78, 5) is 11.0. The summed E-state index contributed by atoms with van der Waals surface area (Å²) in [5.74, 6) is 0.108. The van der Waals surface area contributed by atoms with Crippen LogP contribution >= 0.6 is 0 Å². The van der Waals surface area contributed by atoms with Gasteiger partial charge in [0.15, 0.2) is 5.78 Å². The van der Waals surface area contributed by atoms with Crippen molar-refractivity contribution in [2.45, 2.75) is 0 Å². The number of allylic oxidation sites excluding steroid dienone is 1. The van der Waals surface area contributed by atoms with Crippen molar-refractivity contribution in [3.63, 3.8) is 0 Å². The maximum absolute atomic E-state index is 11.0. The minimum absolute atomic E-state index is 0.0316. The van der Waals surface area contributed by atoms with Gasteiger partial charge in [0, 0.05) is 5.56 Å². The number of rotatable bonds is 0. The summed E-state index contributed by atoms with van der Waals surface area (Å²) < 4.78 is 0. The molecule has 0 radical (unpaired) electrons. The van der Waals surface area contributed by atoms with Gasteiger partial charge in [-0.2, -0.15) is 0 Å². The third kappa shape index (κ3) is 0.835. The fourth-order valence-corrected chi connectivity index (χ4v) is 1.16. The van der Waals surface area contributed by atoms with Crippen molar-refractivity contribution in [2.24, 2.45) is 0 Å². The van der Waals surface area contributed by atoms with Crippen molar-refractivity contribution in [1.82, 2.24) is 0 Å². The summed E-state index contributed by atoms with van der Waals surface area (Å²) in [7, 11) is 0. The van der Waals surface area contributed by atoms with E-state index in [9.17, 15) is 4.79 Å².